The molecule has 1 saturated carbocycles. The second-order valence-corrected chi connectivity index (χ2v) is 12.0. The third-order valence-electron chi connectivity index (χ3n) is 8.67. The van der Waals surface area contributed by atoms with Gasteiger partial charge >= 0.3 is 12.3 Å². The number of halogens is 5. The summed E-state index contributed by atoms with van der Waals surface area (Å²) in [6.45, 7) is 1.73. The maximum Gasteiger partial charge on any atom is 0.417 e. The van der Waals surface area contributed by atoms with E-state index in [1.54, 1.807) is 17.0 Å². The lowest BCUT2D eigenvalue weighted by atomic mass is 9.93. The van der Waals surface area contributed by atoms with Gasteiger partial charge in [0.25, 0.3) is 0 Å². The van der Waals surface area contributed by atoms with Crippen LogP contribution in [0.25, 0.3) is 0 Å². The summed E-state index contributed by atoms with van der Waals surface area (Å²) in [7, 11) is 0. The largest absolute Gasteiger partial charge is 0.417 e. The standard InChI is InChI=1S/C32H31ClF4N4O3/c33-23-4-1-20(2-5-23)27-18-40(19-28(27)41(25-8-9-25)31(43)44-26-10-6-24(34)7-11-26)30(42)21-13-15-39(16-14-21)29-12-3-22(17-38-29)32(35,36)37/h1-7,10-12,17,21,25,27-28H,8-9,13-16,18-19H2/t27?,28-/m1/s1. The molecule has 2 saturated heterocycles. The molecule has 12 heteroatoms. The smallest absolute Gasteiger partial charge is 0.410 e. The highest BCUT2D eigenvalue weighted by atomic mass is 35.5. The maximum atomic E-state index is 13.9. The molecule has 2 atom stereocenters. The zero-order valence-electron chi connectivity index (χ0n) is 23.7. The molecule has 0 spiro atoms. The van der Waals surface area contributed by atoms with Gasteiger partial charge in [0.05, 0.1) is 11.6 Å². The summed E-state index contributed by atoms with van der Waals surface area (Å²) in [6.07, 6.45) is -1.43. The molecule has 44 heavy (non-hydrogen) atoms. The number of amides is 2. The number of hydrogen-bond acceptors (Lipinski definition) is 5. The summed E-state index contributed by atoms with van der Waals surface area (Å²) in [5, 5.41) is 0.584. The normalized spacial score (nSPS) is 20.9. The Bertz CT molecular complexity index is 1480. The summed E-state index contributed by atoms with van der Waals surface area (Å²) < 4.78 is 57.9. The van der Waals surface area contributed by atoms with Crippen molar-refractivity contribution in [1.82, 2.24) is 14.8 Å². The van der Waals surface area contributed by atoms with Crippen LogP contribution in [0.1, 0.15) is 42.7 Å². The molecular formula is C32H31ClF4N4O3. The number of pyridine rings is 1. The lowest BCUT2D eigenvalue weighted by Gasteiger charge is -2.34. The van der Waals surface area contributed by atoms with E-state index in [0.717, 1.165) is 30.7 Å². The van der Waals surface area contributed by atoms with Crippen molar-refractivity contribution in [2.24, 2.45) is 5.92 Å². The van der Waals surface area contributed by atoms with Gasteiger partial charge < -0.3 is 14.5 Å². The summed E-state index contributed by atoms with van der Waals surface area (Å²) >= 11 is 6.16. The van der Waals surface area contributed by atoms with Gasteiger partial charge in [-0.15, -0.1) is 0 Å². The number of aromatic nitrogens is 1. The van der Waals surface area contributed by atoms with Crippen molar-refractivity contribution in [1.29, 1.82) is 0 Å². The van der Waals surface area contributed by atoms with Crippen molar-refractivity contribution >= 4 is 29.4 Å². The first-order valence-corrected chi connectivity index (χ1v) is 15.0. The van der Waals surface area contributed by atoms with E-state index in [1.165, 1.54) is 30.3 Å². The summed E-state index contributed by atoms with van der Waals surface area (Å²) in [5.41, 5.74) is 0.157. The summed E-state index contributed by atoms with van der Waals surface area (Å²) in [6, 6.07) is 14.7. The van der Waals surface area contributed by atoms with Crippen LogP contribution in [0.3, 0.4) is 0 Å². The molecule has 6 rings (SSSR count). The van der Waals surface area contributed by atoms with Gasteiger partial charge in [-0.25, -0.2) is 14.2 Å². The van der Waals surface area contributed by atoms with Crippen molar-refractivity contribution in [3.05, 3.63) is 88.8 Å². The number of carbonyl (C=O) groups excluding carboxylic acids is 2. The fourth-order valence-electron chi connectivity index (χ4n) is 6.20. The van der Waals surface area contributed by atoms with Gasteiger partial charge in [-0.2, -0.15) is 13.2 Å². The van der Waals surface area contributed by atoms with E-state index in [2.05, 4.69) is 4.98 Å². The number of likely N-dealkylation sites (tertiary alicyclic amines) is 1. The Labute approximate surface area is 257 Å². The minimum absolute atomic E-state index is 0.00543. The molecule has 2 amide bonds. The molecule has 0 bridgehead atoms. The number of ether oxygens (including phenoxy) is 1. The van der Waals surface area contributed by atoms with Crippen molar-refractivity contribution in [2.45, 2.75) is 49.9 Å². The zero-order valence-corrected chi connectivity index (χ0v) is 24.5. The van der Waals surface area contributed by atoms with E-state index >= 15 is 0 Å². The third kappa shape index (κ3) is 6.62. The second-order valence-electron chi connectivity index (χ2n) is 11.6. The van der Waals surface area contributed by atoms with E-state index in [1.807, 2.05) is 21.9 Å². The Hall–Kier alpha value is -3.86. The number of nitrogens with zero attached hydrogens (tertiary/aromatic N) is 4. The highest BCUT2D eigenvalue weighted by Crippen LogP contribution is 2.40. The van der Waals surface area contributed by atoms with Gasteiger partial charge in [0.2, 0.25) is 5.91 Å². The van der Waals surface area contributed by atoms with Crippen molar-refractivity contribution < 1.29 is 31.9 Å². The molecule has 2 aliphatic heterocycles. The number of piperidine rings is 1. The molecule has 3 aliphatic rings. The minimum atomic E-state index is -4.45. The molecule has 0 radical (unpaired) electrons. The fourth-order valence-corrected chi connectivity index (χ4v) is 6.33. The van der Waals surface area contributed by atoms with E-state index < -0.39 is 23.7 Å². The molecule has 7 nitrogen and oxygen atoms in total. The Balaban J connectivity index is 1.16. The van der Waals surface area contributed by atoms with Gasteiger partial charge in [0.1, 0.15) is 17.4 Å². The molecule has 3 aromatic rings. The number of anilines is 1. The first kappa shape index (κ1) is 30.2. The van der Waals surface area contributed by atoms with Crippen LogP contribution in [0.4, 0.5) is 28.2 Å². The monoisotopic (exact) mass is 630 g/mol. The number of rotatable bonds is 6. The van der Waals surface area contributed by atoms with Gasteiger partial charge in [0.15, 0.2) is 0 Å². The van der Waals surface area contributed by atoms with Crippen LogP contribution in [0.15, 0.2) is 66.9 Å². The van der Waals surface area contributed by atoms with Crippen LogP contribution in [0, 0.1) is 11.7 Å². The van der Waals surface area contributed by atoms with Crippen LogP contribution in [-0.2, 0) is 11.0 Å². The molecule has 232 valence electrons. The number of benzene rings is 2. The molecule has 1 unspecified atom stereocenters. The zero-order chi connectivity index (χ0) is 31.0. The number of carbonyl (C=O) groups is 2. The van der Waals surface area contributed by atoms with Crippen molar-refractivity contribution in [3.63, 3.8) is 0 Å². The average molecular weight is 631 g/mol. The molecule has 3 heterocycles. The number of hydrogen-bond donors (Lipinski definition) is 0. The lowest BCUT2D eigenvalue weighted by Crippen LogP contribution is -2.48. The third-order valence-corrected chi connectivity index (χ3v) is 8.92. The highest BCUT2D eigenvalue weighted by molar-refractivity contribution is 6.30. The Morgan fingerprint density at radius 1 is 0.909 bits per heavy atom. The van der Waals surface area contributed by atoms with Crippen LogP contribution >= 0.6 is 11.6 Å². The quantitative estimate of drug-likeness (QED) is 0.282. The Morgan fingerprint density at radius 3 is 2.18 bits per heavy atom. The first-order chi connectivity index (χ1) is 21.1. The van der Waals surface area contributed by atoms with Gasteiger partial charge in [-0.1, -0.05) is 23.7 Å². The van der Waals surface area contributed by atoms with E-state index in [9.17, 15) is 27.2 Å². The average Bonchev–Trinajstić information content (AvgIpc) is 3.76. The maximum absolute atomic E-state index is 13.9. The van der Waals surface area contributed by atoms with E-state index in [4.69, 9.17) is 16.3 Å². The van der Waals surface area contributed by atoms with Crippen molar-refractivity contribution in [2.75, 3.05) is 31.1 Å². The van der Waals surface area contributed by atoms with E-state index in [-0.39, 0.29) is 35.6 Å². The van der Waals surface area contributed by atoms with Gasteiger partial charge in [-0.05, 0) is 79.8 Å². The van der Waals surface area contributed by atoms with Crippen LogP contribution in [0.2, 0.25) is 5.02 Å². The predicted octanol–water partition coefficient (Wildman–Crippen LogP) is 6.77. The molecule has 3 fully saturated rings. The van der Waals surface area contributed by atoms with Gasteiger partial charge in [-0.3, -0.25) is 9.69 Å². The second kappa shape index (κ2) is 12.3. The fraction of sp³-hybridized carbons (Fsp3) is 0.406. The lowest BCUT2D eigenvalue weighted by molar-refractivity contribution is -0.138. The van der Waals surface area contributed by atoms with Crippen LogP contribution in [-0.4, -0.2) is 65.0 Å². The van der Waals surface area contributed by atoms with Crippen molar-refractivity contribution in [3.8, 4) is 5.75 Å². The van der Waals surface area contributed by atoms with E-state index in [0.29, 0.717) is 49.9 Å². The van der Waals surface area contributed by atoms with Gasteiger partial charge in [0, 0.05) is 55.3 Å². The molecule has 2 aromatic carbocycles. The summed E-state index contributed by atoms with van der Waals surface area (Å²) in [4.78, 5) is 36.8. The number of alkyl halides is 3. The van der Waals surface area contributed by atoms with Crippen LogP contribution < -0.4 is 9.64 Å². The summed E-state index contributed by atoms with van der Waals surface area (Å²) in [5.74, 6) is -0.176. The SMILES string of the molecule is O=C(C1CCN(c2ccc(C(F)(F)F)cn2)CC1)N1CC(c2ccc(Cl)cc2)[C@H](N(C(=O)Oc2ccc(F)cc2)C2CC2)C1. The Kier molecular flexibility index (Phi) is 8.41. The predicted molar refractivity (Wildman–Crippen MR) is 156 cm³/mol. The molecule has 1 aliphatic carbocycles. The topological polar surface area (TPSA) is 66.0 Å². The minimum Gasteiger partial charge on any atom is -0.410 e. The van der Waals surface area contributed by atoms with Crippen LogP contribution in [0.5, 0.6) is 5.75 Å². The first-order valence-electron chi connectivity index (χ1n) is 14.6. The highest BCUT2D eigenvalue weighted by Gasteiger charge is 2.48. The molecule has 1 aromatic heterocycles. The Morgan fingerprint density at radius 2 is 1.59 bits per heavy atom. The molecular weight excluding hydrogens is 600 g/mol. The molecule has 0 N–H and O–H groups in total.